The number of carbonyl (C=O) groups is 1. The first-order chi connectivity index (χ1) is 7.06. The first kappa shape index (κ1) is 11.1. The molecule has 1 rings (SSSR count). The normalized spacial score (nSPS) is 9.93. The van der Waals surface area contributed by atoms with Gasteiger partial charge in [-0.25, -0.2) is 4.39 Å². The van der Waals surface area contributed by atoms with Crippen LogP contribution in [0.1, 0.15) is 12.0 Å². The maximum Gasteiger partial charge on any atom is 0.272 e. The molecule has 5 nitrogen and oxygen atoms in total. The molecule has 0 radical (unpaired) electrons. The topological polar surface area (TPSA) is 80.4 Å². The third-order valence-electron chi connectivity index (χ3n) is 1.87. The second-order valence-electron chi connectivity index (χ2n) is 2.90. The van der Waals surface area contributed by atoms with Crippen LogP contribution in [0.2, 0.25) is 0 Å². The van der Waals surface area contributed by atoms with E-state index in [1.807, 2.05) is 0 Å². The smallest absolute Gasteiger partial charge is 0.272 e. The van der Waals surface area contributed by atoms with Crippen LogP contribution in [0.15, 0.2) is 12.1 Å². The molecule has 15 heavy (non-hydrogen) atoms. The number of nitro benzene ring substituents is 1. The molecule has 0 unspecified atom stereocenters. The Morgan fingerprint density at radius 3 is 2.73 bits per heavy atom. The van der Waals surface area contributed by atoms with Gasteiger partial charge in [0, 0.05) is 18.1 Å². The van der Waals surface area contributed by atoms with E-state index in [0.29, 0.717) is 12.4 Å². The van der Waals surface area contributed by atoms with E-state index in [2.05, 4.69) is 0 Å². The first-order valence-corrected chi connectivity index (χ1v) is 4.15. The summed E-state index contributed by atoms with van der Waals surface area (Å²) >= 11 is 0. The lowest BCUT2D eigenvalue weighted by Crippen LogP contribution is -1.95. The predicted octanol–water partition coefficient (Wildman–Crippen LogP) is 1.57. The molecule has 0 aromatic heterocycles. The summed E-state index contributed by atoms with van der Waals surface area (Å²) in [5.41, 5.74) is -0.375. The predicted molar refractivity (Wildman–Crippen MR) is 49.1 cm³/mol. The molecule has 1 aromatic carbocycles. The van der Waals surface area contributed by atoms with Crippen LogP contribution in [0.5, 0.6) is 5.75 Å². The minimum absolute atomic E-state index is 0.0637. The number of benzene rings is 1. The van der Waals surface area contributed by atoms with Crippen LogP contribution in [0.25, 0.3) is 0 Å². The van der Waals surface area contributed by atoms with Crippen LogP contribution < -0.4 is 0 Å². The molecule has 0 heterocycles. The van der Waals surface area contributed by atoms with Crippen molar-refractivity contribution in [2.45, 2.75) is 12.8 Å². The molecular formula is C9H8FNO4. The molecule has 0 aliphatic heterocycles. The zero-order valence-electron chi connectivity index (χ0n) is 7.64. The van der Waals surface area contributed by atoms with Gasteiger partial charge >= 0.3 is 0 Å². The maximum absolute atomic E-state index is 13.0. The number of hydrogen-bond acceptors (Lipinski definition) is 4. The third-order valence-corrected chi connectivity index (χ3v) is 1.87. The molecule has 0 saturated heterocycles. The van der Waals surface area contributed by atoms with Crippen molar-refractivity contribution in [1.29, 1.82) is 0 Å². The molecular weight excluding hydrogens is 205 g/mol. The van der Waals surface area contributed by atoms with Gasteiger partial charge in [0.15, 0.2) is 11.6 Å². The van der Waals surface area contributed by atoms with E-state index in [-0.39, 0.29) is 18.4 Å². The number of carbonyl (C=O) groups excluding carboxylic acids is 1. The van der Waals surface area contributed by atoms with E-state index in [4.69, 9.17) is 0 Å². The summed E-state index contributed by atoms with van der Waals surface area (Å²) in [5.74, 6) is -1.69. The summed E-state index contributed by atoms with van der Waals surface area (Å²) in [6.07, 6.45) is 0.748. The molecule has 0 spiro atoms. The molecule has 0 bridgehead atoms. The zero-order chi connectivity index (χ0) is 11.4. The molecule has 80 valence electrons. The average molecular weight is 213 g/mol. The number of aromatic hydroxyl groups is 1. The fourth-order valence-corrected chi connectivity index (χ4v) is 1.15. The van der Waals surface area contributed by atoms with Gasteiger partial charge in [-0.1, -0.05) is 0 Å². The van der Waals surface area contributed by atoms with Crippen molar-refractivity contribution in [3.63, 3.8) is 0 Å². The van der Waals surface area contributed by atoms with Crippen molar-refractivity contribution in [2.75, 3.05) is 0 Å². The van der Waals surface area contributed by atoms with Gasteiger partial charge in [0.05, 0.1) is 11.0 Å². The molecule has 1 aromatic rings. The van der Waals surface area contributed by atoms with Crippen LogP contribution in [0.3, 0.4) is 0 Å². The van der Waals surface area contributed by atoms with Crippen molar-refractivity contribution < 1.29 is 19.2 Å². The second-order valence-corrected chi connectivity index (χ2v) is 2.90. The molecule has 0 aliphatic carbocycles. The molecule has 0 fully saturated rings. The Bertz CT molecular complexity index is 405. The minimum atomic E-state index is -1.05. The number of non-ortho nitro benzene ring substituents is 1. The van der Waals surface area contributed by atoms with E-state index in [1.165, 1.54) is 0 Å². The lowest BCUT2D eigenvalue weighted by atomic mass is 10.1. The van der Waals surface area contributed by atoms with Crippen LogP contribution in [0, 0.1) is 15.9 Å². The SMILES string of the molecule is O=CCCc1cc([N+](=O)[O-])cc(F)c1O. The van der Waals surface area contributed by atoms with Crippen LogP contribution in [0.4, 0.5) is 10.1 Å². The largest absolute Gasteiger partial charge is 0.505 e. The van der Waals surface area contributed by atoms with Gasteiger partial charge in [0.25, 0.3) is 5.69 Å². The van der Waals surface area contributed by atoms with Crippen LogP contribution >= 0.6 is 0 Å². The number of nitrogens with zero attached hydrogens (tertiary/aromatic N) is 1. The Balaban J connectivity index is 3.12. The monoisotopic (exact) mass is 213 g/mol. The molecule has 0 atom stereocenters. The van der Waals surface area contributed by atoms with Crippen molar-refractivity contribution >= 4 is 12.0 Å². The van der Waals surface area contributed by atoms with Gasteiger partial charge in [0.1, 0.15) is 6.29 Å². The lowest BCUT2D eigenvalue weighted by Gasteiger charge is -2.03. The van der Waals surface area contributed by atoms with E-state index in [9.17, 15) is 24.4 Å². The number of phenols is 1. The van der Waals surface area contributed by atoms with E-state index >= 15 is 0 Å². The van der Waals surface area contributed by atoms with E-state index < -0.39 is 22.2 Å². The number of hydrogen-bond donors (Lipinski definition) is 1. The number of halogens is 1. The summed E-state index contributed by atoms with van der Waals surface area (Å²) in [7, 11) is 0. The fourth-order valence-electron chi connectivity index (χ4n) is 1.15. The van der Waals surface area contributed by atoms with Crippen molar-refractivity contribution in [1.82, 2.24) is 0 Å². The molecule has 1 N–H and O–H groups in total. The highest BCUT2D eigenvalue weighted by molar-refractivity contribution is 5.52. The highest BCUT2D eigenvalue weighted by Crippen LogP contribution is 2.27. The Morgan fingerprint density at radius 2 is 2.20 bits per heavy atom. The van der Waals surface area contributed by atoms with Gasteiger partial charge in [-0.05, 0) is 6.42 Å². The van der Waals surface area contributed by atoms with Crippen LogP contribution in [-0.4, -0.2) is 16.3 Å². The molecule has 0 aliphatic rings. The summed E-state index contributed by atoms with van der Waals surface area (Å²) in [4.78, 5) is 19.7. The number of rotatable bonds is 4. The summed E-state index contributed by atoms with van der Waals surface area (Å²) < 4.78 is 13.0. The quantitative estimate of drug-likeness (QED) is 0.467. The summed E-state index contributed by atoms with van der Waals surface area (Å²) in [6, 6.07) is 1.70. The first-order valence-electron chi connectivity index (χ1n) is 4.15. The average Bonchev–Trinajstić information content (AvgIpc) is 2.19. The minimum Gasteiger partial charge on any atom is -0.505 e. The van der Waals surface area contributed by atoms with Gasteiger partial charge in [-0.15, -0.1) is 0 Å². The number of nitro groups is 1. The summed E-state index contributed by atoms with van der Waals surface area (Å²) in [6.45, 7) is 0. The standard InChI is InChI=1S/C9H8FNO4/c10-8-5-7(11(14)15)4-6(9(8)13)2-1-3-12/h3-5,13H,1-2H2. The summed E-state index contributed by atoms with van der Waals surface area (Å²) in [5, 5.41) is 19.6. The highest BCUT2D eigenvalue weighted by Gasteiger charge is 2.15. The van der Waals surface area contributed by atoms with Crippen molar-refractivity contribution in [3.05, 3.63) is 33.6 Å². The van der Waals surface area contributed by atoms with Gasteiger partial charge in [-0.2, -0.15) is 0 Å². The maximum atomic E-state index is 13.0. The Kier molecular flexibility index (Phi) is 3.33. The Labute approximate surface area is 84.3 Å². The number of phenolic OH excluding ortho intramolecular Hbond substituents is 1. The third kappa shape index (κ3) is 2.49. The Morgan fingerprint density at radius 1 is 1.53 bits per heavy atom. The molecule has 0 amide bonds. The lowest BCUT2D eigenvalue weighted by molar-refractivity contribution is -0.385. The van der Waals surface area contributed by atoms with E-state index in [1.54, 1.807) is 0 Å². The highest BCUT2D eigenvalue weighted by atomic mass is 19.1. The number of aldehydes is 1. The zero-order valence-corrected chi connectivity index (χ0v) is 7.64. The Hall–Kier alpha value is -1.98. The van der Waals surface area contributed by atoms with Crippen molar-refractivity contribution in [3.8, 4) is 5.75 Å². The number of aryl methyl sites for hydroxylation is 1. The molecule has 0 saturated carbocycles. The van der Waals surface area contributed by atoms with Crippen molar-refractivity contribution in [2.24, 2.45) is 0 Å². The molecule has 6 heteroatoms. The van der Waals surface area contributed by atoms with Crippen LogP contribution in [-0.2, 0) is 11.2 Å². The van der Waals surface area contributed by atoms with Gasteiger partial charge in [-0.3, -0.25) is 10.1 Å². The second kappa shape index (κ2) is 4.50. The fraction of sp³-hybridized carbons (Fsp3) is 0.222. The van der Waals surface area contributed by atoms with E-state index in [0.717, 1.165) is 6.07 Å². The van der Waals surface area contributed by atoms with Gasteiger partial charge in [0.2, 0.25) is 0 Å². The van der Waals surface area contributed by atoms with Gasteiger partial charge < -0.3 is 9.90 Å².